The predicted octanol–water partition coefficient (Wildman–Crippen LogP) is 3.03. The molecule has 0 saturated carbocycles. The Labute approximate surface area is 128 Å². The van der Waals surface area contributed by atoms with Crippen molar-refractivity contribution in [3.05, 3.63) is 48.3 Å². The molecule has 0 bridgehead atoms. The molecular formula is C16H17N5O. The third-order valence-corrected chi connectivity index (χ3v) is 3.40. The molecule has 0 unspecified atom stereocenters. The van der Waals surface area contributed by atoms with Crippen molar-refractivity contribution in [1.82, 2.24) is 14.8 Å². The van der Waals surface area contributed by atoms with Crippen LogP contribution in [0.1, 0.15) is 25.5 Å². The smallest absolute Gasteiger partial charge is 0.317 e. The number of pyridine rings is 1. The average Bonchev–Trinajstić information content (AvgIpc) is 2.90. The Morgan fingerprint density at radius 3 is 2.82 bits per heavy atom. The van der Waals surface area contributed by atoms with E-state index >= 15 is 0 Å². The van der Waals surface area contributed by atoms with Crippen molar-refractivity contribution in [2.45, 2.75) is 19.8 Å². The Bertz CT molecular complexity index is 837. The number of nitrogens with one attached hydrogen (secondary N) is 1. The van der Waals surface area contributed by atoms with Gasteiger partial charge in [-0.05, 0) is 30.2 Å². The standard InChI is InChI=1S/C16H17N5O/c1-10(2)14-9-15(19-16(17)22)21(20-14)12-5-6-13-11(8-12)4-3-7-18-13/h3-10H,1-2H3,(H3,17,19,22). The molecule has 0 saturated heterocycles. The van der Waals surface area contributed by atoms with Crippen molar-refractivity contribution in [3.63, 3.8) is 0 Å². The molecule has 0 radical (unpaired) electrons. The first-order valence-electron chi connectivity index (χ1n) is 7.06. The summed E-state index contributed by atoms with van der Waals surface area (Å²) in [6, 6.07) is 10.9. The van der Waals surface area contributed by atoms with Crippen molar-refractivity contribution < 1.29 is 4.79 Å². The van der Waals surface area contributed by atoms with Gasteiger partial charge < -0.3 is 5.73 Å². The Morgan fingerprint density at radius 2 is 2.09 bits per heavy atom. The molecule has 0 aliphatic carbocycles. The lowest BCUT2D eigenvalue weighted by molar-refractivity contribution is 0.259. The van der Waals surface area contributed by atoms with Crippen LogP contribution >= 0.6 is 0 Å². The van der Waals surface area contributed by atoms with Crippen LogP contribution in [0.3, 0.4) is 0 Å². The molecule has 0 fully saturated rings. The summed E-state index contributed by atoms with van der Waals surface area (Å²) in [5.41, 5.74) is 7.88. The topological polar surface area (TPSA) is 85.8 Å². The van der Waals surface area contributed by atoms with Gasteiger partial charge in [0.2, 0.25) is 0 Å². The van der Waals surface area contributed by atoms with Crippen LogP contribution in [-0.2, 0) is 0 Å². The molecule has 0 aliphatic heterocycles. The first kappa shape index (κ1) is 14.1. The number of urea groups is 1. The second-order valence-corrected chi connectivity index (χ2v) is 5.39. The van der Waals surface area contributed by atoms with E-state index in [2.05, 4.69) is 15.4 Å². The van der Waals surface area contributed by atoms with Crippen molar-refractivity contribution in [2.75, 3.05) is 5.32 Å². The van der Waals surface area contributed by atoms with Crippen LogP contribution in [0.15, 0.2) is 42.6 Å². The molecule has 2 amide bonds. The fraction of sp³-hybridized carbons (Fsp3) is 0.188. The lowest BCUT2D eigenvalue weighted by Gasteiger charge is -2.08. The van der Waals surface area contributed by atoms with Crippen LogP contribution in [0, 0.1) is 0 Å². The third-order valence-electron chi connectivity index (χ3n) is 3.40. The lowest BCUT2D eigenvalue weighted by atomic mass is 10.1. The third kappa shape index (κ3) is 2.63. The van der Waals surface area contributed by atoms with Gasteiger partial charge in [-0.2, -0.15) is 5.10 Å². The maximum Gasteiger partial charge on any atom is 0.317 e. The molecule has 2 aromatic heterocycles. The summed E-state index contributed by atoms with van der Waals surface area (Å²) in [6.07, 6.45) is 1.76. The summed E-state index contributed by atoms with van der Waals surface area (Å²) >= 11 is 0. The SMILES string of the molecule is CC(C)c1cc(NC(N)=O)n(-c2ccc3ncccc3c2)n1. The Kier molecular flexibility index (Phi) is 3.50. The molecule has 3 aromatic rings. The van der Waals surface area contributed by atoms with Gasteiger partial charge in [-0.3, -0.25) is 10.3 Å². The normalized spacial score (nSPS) is 11.0. The zero-order valence-corrected chi connectivity index (χ0v) is 12.4. The highest BCUT2D eigenvalue weighted by Gasteiger charge is 2.13. The van der Waals surface area contributed by atoms with Gasteiger partial charge in [-0.25, -0.2) is 9.48 Å². The van der Waals surface area contributed by atoms with E-state index in [4.69, 9.17) is 5.73 Å². The number of nitrogens with zero attached hydrogens (tertiary/aromatic N) is 3. The van der Waals surface area contributed by atoms with Crippen LogP contribution < -0.4 is 11.1 Å². The van der Waals surface area contributed by atoms with E-state index in [0.29, 0.717) is 5.82 Å². The highest BCUT2D eigenvalue weighted by atomic mass is 16.2. The number of aromatic nitrogens is 3. The number of carbonyl (C=O) groups is 1. The molecule has 3 rings (SSSR count). The van der Waals surface area contributed by atoms with Gasteiger partial charge >= 0.3 is 6.03 Å². The lowest BCUT2D eigenvalue weighted by Crippen LogP contribution is -2.21. The first-order valence-corrected chi connectivity index (χ1v) is 7.06. The van der Waals surface area contributed by atoms with Crippen LogP contribution in [0.2, 0.25) is 0 Å². The average molecular weight is 295 g/mol. The molecule has 0 spiro atoms. The van der Waals surface area contributed by atoms with Crippen LogP contribution in [0.25, 0.3) is 16.6 Å². The van der Waals surface area contributed by atoms with Crippen LogP contribution in [0.4, 0.5) is 10.6 Å². The minimum Gasteiger partial charge on any atom is -0.351 e. The zero-order valence-electron chi connectivity index (χ0n) is 12.4. The van der Waals surface area contributed by atoms with Crippen LogP contribution in [-0.4, -0.2) is 20.8 Å². The molecule has 2 heterocycles. The molecule has 0 atom stereocenters. The fourth-order valence-corrected chi connectivity index (χ4v) is 2.29. The van der Waals surface area contributed by atoms with E-state index < -0.39 is 6.03 Å². The van der Waals surface area contributed by atoms with E-state index in [1.165, 1.54) is 0 Å². The minimum absolute atomic E-state index is 0.247. The molecule has 6 nitrogen and oxygen atoms in total. The number of fused-ring (bicyclic) bond motifs is 1. The number of nitrogens with two attached hydrogens (primary N) is 1. The van der Waals surface area contributed by atoms with Gasteiger partial charge in [0.05, 0.1) is 16.9 Å². The Balaban J connectivity index is 2.13. The zero-order chi connectivity index (χ0) is 15.7. The Hall–Kier alpha value is -2.89. The maximum atomic E-state index is 11.2. The van der Waals surface area contributed by atoms with E-state index in [1.807, 2.05) is 50.2 Å². The molecule has 22 heavy (non-hydrogen) atoms. The van der Waals surface area contributed by atoms with Crippen molar-refractivity contribution >= 4 is 22.8 Å². The second-order valence-electron chi connectivity index (χ2n) is 5.39. The molecule has 3 N–H and O–H groups in total. The van der Waals surface area contributed by atoms with Crippen molar-refractivity contribution in [1.29, 1.82) is 0 Å². The minimum atomic E-state index is -0.612. The predicted molar refractivity (Wildman–Crippen MR) is 86.2 cm³/mol. The largest absolute Gasteiger partial charge is 0.351 e. The summed E-state index contributed by atoms with van der Waals surface area (Å²) < 4.78 is 1.69. The Morgan fingerprint density at radius 1 is 1.27 bits per heavy atom. The van der Waals surface area contributed by atoms with Gasteiger partial charge in [-0.1, -0.05) is 19.9 Å². The first-order chi connectivity index (χ1) is 10.5. The molecular weight excluding hydrogens is 278 g/mol. The molecule has 112 valence electrons. The number of hydrogen-bond acceptors (Lipinski definition) is 3. The number of anilines is 1. The number of amides is 2. The van der Waals surface area contributed by atoms with Gasteiger partial charge in [0.1, 0.15) is 5.82 Å². The van der Waals surface area contributed by atoms with Gasteiger partial charge in [-0.15, -0.1) is 0 Å². The fourth-order valence-electron chi connectivity index (χ4n) is 2.29. The van der Waals surface area contributed by atoms with E-state index in [0.717, 1.165) is 22.3 Å². The number of rotatable bonds is 3. The van der Waals surface area contributed by atoms with Crippen LogP contribution in [0.5, 0.6) is 0 Å². The monoisotopic (exact) mass is 295 g/mol. The van der Waals surface area contributed by atoms with Crippen molar-refractivity contribution in [2.24, 2.45) is 5.73 Å². The van der Waals surface area contributed by atoms with Gasteiger partial charge in [0.25, 0.3) is 0 Å². The molecule has 6 heteroatoms. The summed E-state index contributed by atoms with van der Waals surface area (Å²) in [4.78, 5) is 15.5. The summed E-state index contributed by atoms with van der Waals surface area (Å²) in [5, 5.41) is 8.19. The summed E-state index contributed by atoms with van der Waals surface area (Å²) in [7, 11) is 0. The van der Waals surface area contributed by atoms with E-state index in [9.17, 15) is 4.79 Å². The quantitative estimate of drug-likeness (QED) is 0.778. The summed E-state index contributed by atoms with van der Waals surface area (Å²) in [5.74, 6) is 0.802. The maximum absolute atomic E-state index is 11.2. The number of hydrogen-bond donors (Lipinski definition) is 2. The highest BCUT2D eigenvalue weighted by Crippen LogP contribution is 2.24. The van der Waals surface area contributed by atoms with E-state index in [-0.39, 0.29) is 5.92 Å². The number of carbonyl (C=O) groups excluding carboxylic acids is 1. The molecule has 0 aliphatic rings. The number of primary amides is 1. The highest BCUT2D eigenvalue weighted by molar-refractivity contribution is 5.87. The van der Waals surface area contributed by atoms with Crippen molar-refractivity contribution in [3.8, 4) is 5.69 Å². The van der Waals surface area contributed by atoms with Gasteiger partial charge in [0, 0.05) is 17.6 Å². The second kappa shape index (κ2) is 5.48. The summed E-state index contributed by atoms with van der Waals surface area (Å²) in [6.45, 7) is 4.09. The molecule has 1 aromatic carbocycles. The van der Waals surface area contributed by atoms with E-state index in [1.54, 1.807) is 10.9 Å². The number of benzene rings is 1. The van der Waals surface area contributed by atoms with Gasteiger partial charge in [0.15, 0.2) is 0 Å².